The molecule has 0 unspecified atom stereocenters. The Morgan fingerprint density at radius 1 is 1.52 bits per heavy atom. The number of hydrogen-bond acceptors (Lipinski definition) is 5. The number of hydrogen-bond donors (Lipinski definition) is 1. The lowest BCUT2D eigenvalue weighted by Gasteiger charge is -2.07. The van der Waals surface area contributed by atoms with Crippen molar-refractivity contribution in [2.24, 2.45) is 0 Å². The number of carbonyl (C=O) groups excluding carboxylic acids is 1. The van der Waals surface area contributed by atoms with Gasteiger partial charge in [-0.1, -0.05) is 11.2 Å². The summed E-state index contributed by atoms with van der Waals surface area (Å²) in [6.45, 7) is 5.26. The molecule has 0 spiro atoms. The van der Waals surface area contributed by atoms with E-state index in [-0.39, 0.29) is 18.4 Å². The van der Waals surface area contributed by atoms with E-state index >= 15 is 0 Å². The molecule has 2 heterocycles. The van der Waals surface area contributed by atoms with Crippen molar-refractivity contribution in [3.8, 4) is 10.6 Å². The predicted molar refractivity (Wildman–Crippen MR) is 82.2 cm³/mol. The first-order valence-corrected chi connectivity index (χ1v) is 7.91. The Balaban J connectivity index is 1.71. The summed E-state index contributed by atoms with van der Waals surface area (Å²) in [6.07, 6.45) is 1.27. The van der Waals surface area contributed by atoms with Crippen molar-refractivity contribution < 1.29 is 14.1 Å². The van der Waals surface area contributed by atoms with Gasteiger partial charge >= 0.3 is 0 Å². The van der Waals surface area contributed by atoms with Gasteiger partial charge in [-0.3, -0.25) is 4.79 Å². The number of nitrogens with one attached hydrogen (secondary N) is 1. The molecule has 0 aromatic carbocycles. The fraction of sp³-hybridized carbons (Fsp3) is 0.467. The monoisotopic (exact) mass is 308 g/mol. The minimum atomic E-state index is -0.0504. The van der Waals surface area contributed by atoms with Gasteiger partial charge in [0.1, 0.15) is 0 Å². The van der Waals surface area contributed by atoms with E-state index < -0.39 is 0 Å². The van der Waals surface area contributed by atoms with Gasteiger partial charge in [0.15, 0.2) is 5.76 Å². The van der Waals surface area contributed by atoms with Crippen LogP contribution < -0.4 is 5.32 Å². The van der Waals surface area contributed by atoms with Crippen LogP contribution in [0.15, 0.2) is 28.1 Å². The van der Waals surface area contributed by atoms with E-state index in [0.29, 0.717) is 24.6 Å². The molecule has 0 bridgehead atoms. The molecule has 0 fully saturated rings. The van der Waals surface area contributed by atoms with E-state index in [1.165, 1.54) is 0 Å². The second-order valence-corrected chi connectivity index (χ2v) is 5.91. The molecule has 114 valence electrons. The highest BCUT2D eigenvalue weighted by atomic mass is 32.1. The van der Waals surface area contributed by atoms with Crippen LogP contribution >= 0.6 is 11.3 Å². The molecule has 1 amide bonds. The average Bonchev–Trinajstić information content (AvgIpc) is 3.08. The van der Waals surface area contributed by atoms with E-state index in [9.17, 15) is 4.79 Å². The van der Waals surface area contributed by atoms with E-state index in [0.717, 1.165) is 11.3 Å². The highest BCUT2D eigenvalue weighted by Crippen LogP contribution is 2.25. The number of ether oxygens (including phenoxy) is 1. The molecule has 6 heteroatoms. The Hall–Kier alpha value is -1.66. The normalized spacial score (nSPS) is 11.0. The summed E-state index contributed by atoms with van der Waals surface area (Å²) in [4.78, 5) is 12.8. The van der Waals surface area contributed by atoms with E-state index in [1.54, 1.807) is 11.3 Å². The summed E-state index contributed by atoms with van der Waals surface area (Å²) in [5, 5.41) is 8.75. The molecule has 0 aliphatic carbocycles. The zero-order valence-electron chi connectivity index (χ0n) is 12.3. The number of amides is 1. The lowest BCUT2D eigenvalue weighted by atomic mass is 10.2. The summed E-state index contributed by atoms with van der Waals surface area (Å²) in [5.74, 6) is 0.656. The third-order valence-electron chi connectivity index (χ3n) is 2.76. The van der Waals surface area contributed by atoms with Gasteiger partial charge in [0, 0.05) is 19.2 Å². The van der Waals surface area contributed by atoms with Gasteiger partial charge in [-0.15, -0.1) is 11.3 Å². The summed E-state index contributed by atoms with van der Waals surface area (Å²) in [6, 6.07) is 5.73. The van der Waals surface area contributed by atoms with Crippen molar-refractivity contribution in [2.45, 2.75) is 32.8 Å². The molecule has 0 radical (unpaired) electrons. The zero-order chi connectivity index (χ0) is 15.1. The molecule has 0 saturated carbocycles. The van der Waals surface area contributed by atoms with Crippen LogP contribution in [-0.4, -0.2) is 30.3 Å². The lowest BCUT2D eigenvalue weighted by molar-refractivity contribution is -0.120. The minimum Gasteiger partial charge on any atom is -0.379 e. The van der Waals surface area contributed by atoms with Crippen LogP contribution in [0.5, 0.6) is 0 Å². The van der Waals surface area contributed by atoms with Gasteiger partial charge in [-0.25, -0.2) is 0 Å². The molecule has 2 aromatic heterocycles. The summed E-state index contributed by atoms with van der Waals surface area (Å²) in [5.41, 5.74) is 0.648. The maximum absolute atomic E-state index is 11.8. The highest BCUT2D eigenvalue weighted by molar-refractivity contribution is 7.13. The van der Waals surface area contributed by atoms with Crippen LogP contribution in [0.1, 0.15) is 26.0 Å². The Morgan fingerprint density at radius 3 is 3.10 bits per heavy atom. The first-order valence-electron chi connectivity index (χ1n) is 7.03. The van der Waals surface area contributed by atoms with Crippen molar-refractivity contribution in [3.63, 3.8) is 0 Å². The average molecular weight is 308 g/mol. The fourth-order valence-electron chi connectivity index (χ4n) is 1.78. The minimum absolute atomic E-state index is 0.0504. The van der Waals surface area contributed by atoms with Gasteiger partial charge < -0.3 is 14.6 Å². The molecular formula is C15H20N2O3S. The number of rotatable bonds is 8. The number of carbonyl (C=O) groups is 1. The van der Waals surface area contributed by atoms with Gasteiger partial charge in [0.05, 0.1) is 23.1 Å². The van der Waals surface area contributed by atoms with Gasteiger partial charge in [0.2, 0.25) is 5.91 Å². The summed E-state index contributed by atoms with van der Waals surface area (Å²) < 4.78 is 10.6. The molecule has 0 saturated heterocycles. The van der Waals surface area contributed by atoms with Crippen molar-refractivity contribution in [3.05, 3.63) is 29.3 Å². The molecule has 21 heavy (non-hydrogen) atoms. The predicted octanol–water partition coefficient (Wildman–Crippen LogP) is 2.88. The summed E-state index contributed by atoms with van der Waals surface area (Å²) >= 11 is 1.58. The second-order valence-electron chi connectivity index (χ2n) is 4.96. The molecule has 0 atom stereocenters. The van der Waals surface area contributed by atoms with Crippen molar-refractivity contribution >= 4 is 17.2 Å². The van der Waals surface area contributed by atoms with E-state index in [2.05, 4.69) is 10.5 Å². The van der Waals surface area contributed by atoms with Crippen LogP contribution in [-0.2, 0) is 16.0 Å². The molecular weight excluding hydrogens is 288 g/mol. The van der Waals surface area contributed by atoms with Crippen LogP contribution in [0.4, 0.5) is 0 Å². The van der Waals surface area contributed by atoms with Crippen molar-refractivity contribution in [1.82, 2.24) is 10.5 Å². The maximum atomic E-state index is 11.8. The Bertz CT molecular complexity index is 549. The largest absolute Gasteiger partial charge is 0.379 e. The number of nitrogens with zero attached hydrogens (tertiary/aromatic N) is 1. The summed E-state index contributed by atoms with van der Waals surface area (Å²) in [7, 11) is 0. The van der Waals surface area contributed by atoms with Gasteiger partial charge in [0.25, 0.3) is 0 Å². The second kappa shape index (κ2) is 7.95. The molecule has 5 nitrogen and oxygen atoms in total. The van der Waals surface area contributed by atoms with Gasteiger partial charge in [-0.05, 0) is 31.7 Å². The smallest absolute Gasteiger partial charge is 0.226 e. The third-order valence-corrected chi connectivity index (χ3v) is 3.64. The SMILES string of the molecule is CC(C)OCCCNC(=O)Cc1cc(-c2cccs2)on1. The number of aromatic nitrogens is 1. The highest BCUT2D eigenvalue weighted by Gasteiger charge is 2.10. The molecule has 2 rings (SSSR count). The van der Waals surface area contributed by atoms with E-state index in [1.807, 2.05) is 37.4 Å². The topological polar surface area (TPSA) is 64.4 Å². The van der Waals surface area contributed by atoms with Gasteiger partial charge in [-0.2, -0.15) is 0 Å². The molecule has 1 N–H and O–H groups in total. The maximum Gasteiger partial charge on any atom is 0.226 e. The zero-order valence-corrected chi connectivity index (χ0v) is 13.1. The quantitative estimate of drug-likeness (QED) is 0.762. The molecule has 0 aliphatic heterocycles. The Labute approximate surface area is 128 Å². The van der Waals surface area contributed by atoms with Crippen molar-refractivity contribution in [2.75, 3.05) is 13.2 Å². The standard InChI is InChI=1S/C15H20N2O3S/c1-11(2)19-7-4-6-16-15(18)10-12-9-13(20-17-12)14-5-3-8-21-14/h3,5,8-9,11H,4,6-7,10H2,1-2H3,(H,16,18). The molecule has 0 aliphatic rings. The van der Waals surface area contributed by atoms with Crippen LogP contribution in [0, 0.1) is 0 Å². The van der Waals surface area contributed by atoms with Crippen LogP contribution in [0.2, 0.25) is 0 Å². The number of thiophene rings is 1. The van der Waals surface area contributed by atoms with Crippen molar-refractivity contribution in [1.29, 1.82) is 0 Å². The van der Waals surface area contributed by atoms with E-state index in [4.69, 9.17) is 9.26 Å². The first kappa shape index (κ1) is 15.7. The lowest BCUT2D eigenvalue weighted by Crippen LogP contribution is -2.27. The van der Waals surface area contributed by atoms with Crippen LogP contribution in [0.3, 0.4) is 0 Å². The third kappa shape index (κ3) is 5.32. The Kier molecular flexibility index (Phi) is 5.95. The Morgan fingerprint density at radius 2 is 2.38 bits per heavy atom. The molecule has 2 aromatic rings. The first-order chi connectivity index (χ1) is 10.1. The van der Waals surface area contributed by atoms with Crippen LogP contribution in [0.25, 0.3) is 10.6 Å². The fourth-order valence-corrected chi connectivity index (χ4v) is 2.45.